The SMILES string of the molecule is Cc1ccc2cc3ccc4c5cc[nH]c5cc(C)c4c3cc2c1. The Bertz CT molecular complexity index is 1220. The molecule has 0 saturated heterocycles. The molecule has 1 aromatic heterocycles. The number of H-pyrrole nitrogens is 1. The third-order valence-corrected chi connectivity index (χ3v) is 4.96. The number of fused-ring (bicyclic) bond motifs is 6. The van der Waals surface area contributed by atoms with E-state index >= 15 is 0 Å². The van der Waals surface area contributed by atoms with Crippen molar-refractivity contribution in [2.24, 2.45) is 0 Å². The molecule has 1 nitrogen and oxygen atoms in total. The van der Waals surface area contributed by atoms with Crippen molar-refractivity contribution >= 4 is 43.2 Å². The second-order valence-corrected chi connectivity index (χ2v) is 6.54. The summed E-state index contributed by atoms with van der Waals surface area (Å²) in [6.45, 7) is 4.36. The van der Waals surface area contributed by atoms with E-state index in [1.54, 1.807) is 0 Å². The predicted octanol–water partition coefficient (Wildman–Crippen LogP) is 6.24. The molecule has 1 heteroatoms. The molecule has 0 radical (unpaired) electrons. The van der Waals surface area contributed by atoms with Crippen molar-refractivity contribution in [1.82, 2.24) is 4.98 Å². The highest BCUT2D eigenvalue weighted by Gasteiger charge is 2.09. The first-order valence-corrected chi connectivity index (χ1v) is 8.04. The van der Waals surface area contributed by atoms with Crippen molar-refractivity contribution in [2.75, 3.05) is 0 Å². The zero-order valence-electron chi connectivity index (χ0n) is 13.3. The van der Waals surface area contributed by atoms with E-state index in [0.29, 0.717) is 0 Å². The first kappa shape index (κ1) is 12.7. The fourth-order valence-electron chi connectivity index (χ4n) is 3.87. The smallest absolute Gasteiger partial charge is 0.0463 e. The third kappa shape index (κ3) is 1.74. The van der Waals surface area contributed by atoms with E-state index in [1.165, 1.54) is 54.3 Å². The van der Waals surface area contributed by atoms with Crippen LogP contribution in [0.15, 0.2) is 60.8 Å². The Kier molecular flexibility index (Phi) is 2.41. The zero-order valence-corrected chi connectivity index (χ0v) is 13.3. The van der Waals surface area contributed by atoms with E-state index in [2.05, 4.69) is 73.4 Å². The van der Waals surface area contributed by atoms with E-state index < -0.39 is 0 Å². The molecule has 0 unspecified atom stereocenters. The lowest BCUT2D eigenvalue weighted by atomic mass is 9.93. The van der Waals surface area contributed by atoms with Gasteiger partial charge in [0.15, 0.2) is 0 Å². The Labute approximate surface area is 134 Å². The lowest BCUT2D eigenvalue weighted by Gasteiger charge is -2.10. The molecule has 1 N–H and O–H groups in total. The summed E-state index contributed by atoms with van der Waals surface area (Å²) < 4.78 is 0. The van der Waals surface area contributed by atoms with Crippen LogP contribution in [0, 0.1) is 13.8 Å². The standard InChI is InChI=1S/C22H17N/c1-13-3-4-15-11-16-5-6-19-18-7-8-23-21(18)10-14(2)22(19)20(16)12-17(15)9-13/h3-12,23H,1-2H3. The highest BCUT2D eigenvalue weighted by molar-refractivity contribution is 6.20. The Morgan fingerprint density at radius 2 is 1.52 bits per heavy atom. The van der Waals surface area contributed by atoms with Crippen molar-refractivity contribution in [3.8, 4) is 0 Å². The molecule has 0 atom stereocenters. The quantitative estimate of drug-likeness (QED) is 0.257. The number of rotatable bonds is 0. The van der Waals surface area contributed by atoms with Crippen molar-refractivity contribution in [3.05, 3.63) is 71.9 Å². The minimum Gasteiger partial charge on any atom is -0.361 e. The van der Waals surface area contributed by atoms with Gasteiger partial charge in [0.2, 0.25) is 0 Å². The third-order valence-electron chi connectivity index (χ3n) is 4.96. The summed E-state index contributed by atoms with van der Waals surface area (Å²) in [7, 11) is 0. The first-order valence-electron chi connectivity index (χ1n) is 8.04. The van der Waals surface area contributed by atoms with Gasteiger partial charge in [-0.2, -0.15) is 0 Å². The van der Waals surface area contributed by atoms with Crippen molar-refractivity contribution in [2.45, 2.75) is 13.8 Å². The average Bonchev–Trinajstić information content (AvgIpc) is 3.00. The number of hydrogen-bond donors (Lipinski definition) is 1. The molecule has 110 valence electrons. The van der Waals surface area contributed by atoms with E-state index in [9.17, 15) is 0 Å². The topological polar surface area (TPSA) is 15.8 Å². The largest absolute Gasteiger partial charge is 0.361 e. The second-order valence-electron chi connectivity index (χ2n) is 6.54. The maximum atomic E-state index is 3.34. The number of benzene rings is 4. The van der Waals surface area contributed by atoms with Crippen LogP contribution in [0.4, 0.5) is 0 Å². The molecule has 0 aliphatic carbocycles. The van der Waals surface area contributed by atoms with Gasteiger partial charge < -0.3 is 4.98 Å². The number of aromatic amines is 1. The van der Waals surface area contributed by atoms with Crippen molar-refractivity contribution < 1.29 is 0 Å². The van der Waals surface area contributed by atoms with E-state index in [1.807, 2.05) is 6.20 Å². The van der Waals surface area contributed by atoms with Crippen LogP contribution in [0.5, 0.6) is 0 Å². The van der Waals surface area contributed by atoms with E-state index in [4.69, 9.17) is 0 Å². The highest BCUT2D eigenvalue weighted by atomic mass is 14.7. The molecule has 1 heterocycles. The van der Waals surface area contributed by atoms with Gasteiger partial charge in [0.1, 0.15) is 0 Å². The van der Waals surface area contributed by atoms with Crippen LogP contribution in [0.1, 0.15) is 11.1 Å². The summed E-state index contributed by atoms with van der Waals surface area (Å²) in [5, 5.41) is 9.30. The molecule has 0 bridgehead atoms. The Hall–Kier alpha value is -2.80. The summed E-state index contributed by atoms with van der Waals surface area (Å²) in [5.41, 5.74) is 3.85. The van der Waals surface area contributed by atoms with Crippen molar-refractivity contribution in [1.29, 1.82) is 0 Å². The van der Waals surface area contributed by atoms with E-state index in [0.717, 1.165) is 0 Å². The number of aromatic nitrogens is 1. The second kappa shape index (κ2) is 4.36. The first-order chi connectivity index (χ1) is 11.2. The number of hydrogen-bond acceptors (Lipinski definition) is 0. The summed E-state index contributed by atoms with van der Waals surface area (Å²) in [6.07, 6.45) is 2.03. The molecule has 4 aromatic carbocycles. The van der Waals surface area contributed by atoms with Crippen LogP contribution in [0.2, 0.25) is 0 Å². The van der Waals surface area contributed by atoms with Crippen LogP contribution in [-0.2, 0) is 0 Å². The summed E-state index contributed by atoms with van der Waals surface area (Å²) >= 11 is 0. The van der Waals surface area contributed by atoms with Gasteiger partial charge in [-0.1, -0.05) is 35.9 Å². The molecule has 5 rings (SSSR count). The van der Waals surface area contributed by atoms with Crippen molar-refractivity contribution in [3.63, 3.8) is 0 Å². The molecular formula is C22H17N. The van der Waals surface area contributed by atoms with Crippen LogP contribution in [0.3, 0.4) is 0 Å². The van der Waals surface area contributed by atoms with Gasteiger partial charge in [0, 0.05) is 17.1 Å². The minimum atomic E-state index is 1.21. The van der Waals surface area contributed by atoms with Gasteiger partial charge >= 0.3 is 0 Å². The molecule has 0 aliphatic rings. The molecule has 0 aliphatic heterocycles. The lowest BCUT2D eigenvalue weighted by molar-refractivity contribution is 1.46. The molecule has 0 saturated carbocycles. The van der Waals surface area contributed by atoms with Crippen LogP contribution >= 0.6 is 0 Å². The zero-order chi connectivity index (χ0) is 15.6. The van der Waals surface area contributed by atoms with Crippen LogP contribution < -0.4 is 0 Å². The fraction of sp³-hybridized carbons (Fsp3) is 0.0909. The normalized spacial score (nSPS) is 11.9. The highest BCUT2D eigenvalue weighted by Crippen LogP contribution is 2.35. The minimum absolute atomic E-state index is 1.21. The Morgan fingerprint density at radius 1 is 0.652 bits per heavy atom. The van der Waals surface area contributed by atoms with Gasteiger partial charge in [0.25, 0.3) is 0 Å². The predicted molar refractivity (Wildman–Crippen MR) is 100 cm³/mol. The van der Waals surface area contributed by atoms with E-state index in [-0.39, 0.29) is 0 Å². The van der Waals surface area contributed by atoms with Gasteiger partial charge in [0.05, 0.1) is 0 Å². The summed E-state index contributed by atoms with van der Waals surface area (Å²) in [5.74, 6) is 0. The van der Waals surface area contributed by atoms with Gasteiger partial charge in [-0.15, -0.1) is 0 Å². The van der Waals surface area contributed by atoms with Crippen LogP contribution in [-0.4, -0.2) is 4.98 Å². The number of nitrogens with one attached hydrogen (secondary N) is 1. The molecule has 0 amide bonds. The van der Waals surface area contributed by atoms with Crippen LogP contribution in [0.25, 0.3) is 43.2 Å². The molecular weight excluding hydrogens is 278 g/mol. The van der Waals surface area contributed by atoms with Gasteiger partial charge in [-0.3, -0.25) is 0 Å². The fourth-order valence-corrected chi connectivity index (χ4v) is 3.87. The Morgan fingerprint density at radius 3 is 2.43 bits per heavy atom. The van der Waals surface area contributed by atoms with Gasteiger partial charge in [-0.05, 0) is 76.0 Å². The molecule has 0 spiro atoms. The monoisotopic (exact) mass is 295 g/mol. The average molecular weight is 295 g/mol. The lowest BCUT2D eigenvalue weighted by Crippen LogP contribution is -1.85. The summed E-state index contributed by atoms with van der Waals surface area (Å²) in [4.78, 5) is 3.34. The number of aryl methyl sites for hydroxylation is 2. The molecule has 23 heavy (non-hydrogen) atoms. The summed E-state index contributed by atoms with van der Waals surface area (Å²) in [6, 6.07) is 20.3. The van der Waals surface area contributed by atoms with Gasteiger partial charge in [-0.25, -0.2) is 0 Å². The molecule has 5 aromatic rings. The maximum Gasteiger partial charge on any atom is 0.0463 e. The molecule has 0 fully saturated rings. The Balaban J connectivity index is 2.05. The maximum absolute atomic E-state index is 3.34.